The lowest BCUT2D eigenvalue weighted by Crippen LogP contribution is -2.53. The smallest absolute Gasteiger partial charge is 0.304 e. The molecule has 0 radical (unpaired) electrons. The normalized spacial score (nSPS) is 12.3. The molecule has 1 N–H and O–H groups in total. The van der Waals surface area contributed by atoms with Gasteiger partial charge in [0, 0.05) is 42.8 Å². The van der Waals surface area contributed by atoms with Gasteiger partial charge in [0.2, 0.25) is 11.8 Å². The first-order chi connectivity index (χ1) is 17.4. The van der Waals surface area contributed by atoms with Gasteiger partial charge in [0.05, 0.1) is 5.69 Å². The number of halogens is 3. The number of carbonyl (C=O) groups is 2. The molecular weight excluding hydrogens is 542 g/mol. The summed E-state index contributed by atoms with van der Waals surface area (Å²) in [5.74, 6) is -1.92. The van der Waals surface area contributed by atoms with Crippen LogP contribution in [0.1, 0.15) is 38.7 Å². The Balaban J connectivity index is 2.54. The summed E-state index contributed by atoms with van der Waals surface area (Å²) < 4.78 is 42.6. The summed E-state index contributed by atoms with van der Waals surface area (Å²) in [6.07, 6.45) is 1.87. The second kappa shape index (κ2) is 13.9. The van der Waals surface area contributed by atoms with Crippen molar-refractivity contribution in [3.05, 3.63) is 63.9 Å². The number of para-hydroxylation sites is 1. The molecule has 0 saturated carbocycles. The molecule has 8 nitrogen and oxygen atoms in total. The number of benzene rings is 2. The van der Waals surface area contributed by atoms with Gasteiger partial charge in [-0.25, -0.2) is 8.70 Å². The van der Waals surface area contributed by atoms with Crippen LogP contribution >= 0.6 is 23.2 Å². The van der Waals surface area contributed by atoms with Crippen molar-refractivity contribution in [2.45, 2.75) is 45.7 Å². The van der Waals surface area contributed by atoms with E-state index in [1.165, 1.54) is 37.2 Å². The number of hydrogen-bond acceptors (Lipinski definition) is 4. The maximum atomic E-state index is 14.7. The third kappa shape index (κ3) is 7.80. The van der Waals surface area contributed by atoms with Crippen LogP contribution in [-0.2, 0) is 26.3 Å². The Morgan fingerprint density at radius 2 is 1.65 bits per heavy atom. The predicted octanol–water partition coefficient (Wildman–Crippen LogP) is 4.47. The van der Waals surface area contributed by atoms with Gasteiger partial charge >= 0.3 is 10.2 Å². The minimum absolute atomic E-state index is 0.149. The van der Waals surface area contributed by atoms with Crippen molar-refractivity contribution in [1.82, 2.24) is 14.5 Å². The lowest BCUT2D eigenvalue weighted by Gasteiger charge is -2.34. The Kier molecular flexibility index (Phi) is 11.6. The molecule has 0 aliphatic heterocycles. The zero-order chi connectivity index (χ0) is 27.8. The lowest BCUT2D eigenvalue weighted by molar-refractivity contribution is -0.140. The van der Waals surface area contributed by atoms with Gasteiger partial charge in [-0.3, -0.25) is 9.59 Å². The summed E-state index contributed by atoms with van der Waals surface area (Å²) in [4.78, 5) is 28.1. The Morgan fingerprint density at radius 3 is 2.19 bits per heavy atom. The first kappa shape index (κ1) is 30.8. The van der Waals surface area contributed by atoms with E-state index in [-0.39, 0.29) is 24.6 Å². The summed E-state index contributed by atoms with van der Waals surface area (Å²) in [5, 5.41) is 3.41. The second-order valence-electron chi connectivity index (χ2n) is 8.54. The van der Waals surface area contributed by atoms with Crippen LogP contribution in [0.5, 0.6) is 0 Å². The molecule has 0 saturated heterocycles. The van der Waals surface area contributed by atoms with Crippen LogP contribution in [-0.4, -0.2) is 62.7 Å². The van der Waals surface area contributed by atoms with Crippen molar-refractivity contribution in [2.24, 2.45) is 0 Å². The number of carbonyl (C=O) groups excluding carboxylic acids is 2. The number of anilines is 1. The van der Waals surface area contributed by atoms with Crippen LogP contribution in [0.4, 0.5) is 10.1 Å². The van der Waals surface area contributed by atoms with E-state index in [0.717, 1.165) is 23.2 Å². The van der Waals surface area contributed by atoms with Crippen LogP contribution in [0, 0.1) is 5.82 Å². The van der Waals surface area contributed by atoms with Crippen molar-refractivity contribution in [3.63, 3.8) is 0 Å². The highest BCUT2D eigenvalue weighted by atomic mass is 35.5. The molecule has 12 heteroatoms. The van der Waals surface area contributed by atoms with Crippen LogP contribution in [0.25, 0.3) is 0 Å². The first-order valence-corrected chi connectivity index (χ1v) is 14.1. The molecule has 1 atom stereocenters. The van der Waals surface area contributed by atoms with E-state index in [9.17, 15) is 22.4 Å². The van der Waals surface area contributed by atoms with Crippen molar-refractivity contribution in [2.75, 3.05) is 31.5 Å². The fourth-order valence-corrected chi connectivity index (χ4v) is 5.22. The standard InChI is InChI=1S/C25H33Cl2FN4O4S/c1-5-7-15-29-25(34)22(6-2)31(16-18-19(26)11-10-12-20(18)27)24(33)17-32(37(35,36)30(3)4)23-14-9-8-13-21(23)28/h8-14,22H,5-7,15-17H2,1-4H3,(H,29,34)/t22-/m1/s1. The molecule has 0 fully saturated rings. The van der Waals surface area contributed by atoms with Gasteiger partial charge in [-0.05, 0) is 37.1 Å². The van der Waals surface area contributed by atoms with E-state index in [0.29, 0.717) is 26.5 Å². The Labute approximate surface area is 228 Å². The fraction of sp³-hybridized carbons (Fsp3) is 0.440. The summed E-state index contributed by atoms with van der Waals surface area (Å²) in [6.45, 7) is 3.26. The van der Waals surface area contributed by atoms with Gasteiger partial charge in [0.25, 0.3) is 0 Å². The summed E-state index contributed by atoms with van der Waals surface area (Å²) in [6, 6.07) is 9.19. The Bertz CT molecular complexity index is 1180. The molecule has 0 unspecified atom stereocenters. The molecular formula is C25H33Cl2FN4O4S. The highest BCUT2D eigenvalue weighted by molar-refractivity contribution is 7.90. The quantitative estimate of drug-likeness (QED) is 0.357. The van der Waals surface area contributed by atoms with Crippen LogP contribution < -0.4 is 9.62 Å². The zero-order valence-corrected chi connectivity index (χ0v) is 23.7. The van der Waals surface area contributed by atoms with Crippen molar-refractivity contribution >= 4 is 50.9 Å². The number of nitrogens with zero attached hydrogens (tertiary/aromatic N) is 3. The van der Waals surface area contributed by atoms with E-state index in [1.807, 2.05) is 6.92 Å². The molecule has 0 aromatic heterocycles. The average Bonchev–Trinajstić information content (AvgIpc) is 2.84. The van der Waals surface area contributed by atoms with Gasteiger partial charge in [-0.15, -0.1) is 0 Å². The molecule has 0 heterocycles. The molecule has 2 amide bonds. The van der Waals surface area contributed by atoms with Crippen LogP contribution in [0.15, 0.2) is 42.5 Å². The highest BCUT2D eigenvalue weighted by Gasteiger charge is 2.35. The minimum Gasteiger partial charge on any atom is -0.354 e. The monoisotopic (exact) mass is 574 g/mol. The van der Waals surface area contributed by atoms with Gasteiger partial charge in [0.1, 0.15) is 18.4 Å². The number of hydrogen-bond donors (Lipinski definition) is 1. The molecule has 2 rings (SSSR count). The van der Waals surface area contributed by atoms with Crippen molar-refractivity contribution in [1.29, 1.82) is 0 Å². The van der Waals surface area contributed by atoms with Crippen LogP contribution in [0.2, 0.25) is 10.0 Å². The van der Waals surface area contributed by atoms with Crippen molar-refractivity contribution in [3.8, 4) is 0 Å². The number of rotatable bonds is 13. The SMILES string of the molecule is CCCCNC(=O)[C@@H](CC)N(Cc1c(Cl)cccc1Cl)C(=O)CN(c1ccccc1F)S(=O)(=O)N(C)C. The number of unbranched alkanes of at least 4 members (excludes halogenated alkanes) is 1. The van der Waals surface area contributed by atoms with Gasteiger partial charge < -0.3 is 10.2 Å². The number of amides is 2. The third-order valence-electron chi connectivity index (χ3n) is 5.75. The van der Waals surface area contributed by atoms with Gasteiger partial charge in [0.15, 0.2) is 0 Å². The Morgan fingerprint density at radius 1 is 1.03 bits per heavy atom. The fourth-order valence-electron chi connectivity index (χ4n) is 3.64. The largest absolute Gasteiger partial charge is 0.354 e. The molecule has 0 spiro atoms. The lowest BCUT2D eigenvalue weighted by atomic mass is 10.1. The van der Waals surface area contributed by atoms with E-state index in [4.69, 9.17) is 23.2 Å². The van der Waals surface area contributed by atoms with Gasteiger partial charge in [-0.2, -0.15) is 12.7 Å². The third-order valence-corrected chi connectivity index (χ3v) is 8.26. The molecule has 37 heavy (non-hydrogen) atoms. The minimum atomic E-state index is -4.28. The molecule has 0 bridgehead atoms. The predicted molar refractivity (Wildman–Crippen MR) is 145 cm³/mol. The molecule has 0 aliphatic carbocycles. The Hall–Kier alpha value is -2.40. The average molecular weight is 576 g/mol. The molecule has 2 aromatic rings. The maximum Gasteiger partial charge on any atom is 0.304 e. The second-order valence-corrected chi connectivity index (χ2v) is 11.4. The van der Waals surface area contributed by atoms with E-state index >= 15 is 0 Å². The summed E-state index contributed by atoms with van der Waals surface area (Å²) in [5.41, 5.74) is 0.118. The molecule has 2 aromatic carbocycles. The topological polar surface area (TPSA) is 90.0 Å². The maximum absolute atomic E-state index is 14.7. The first-order valence-electron chi connectivity index (χ1n) is 11.9. The van der Waals surface area contributed by atoms with Gasteiger partial charge in [-0.1, -0.05) is 61.7 Å². The number of nitrogens with one attached hydrogen (secondary N) is 1. The highest BCUT2D eigenvalue weighted by Crippen LogP contribution is 2.28. The summed E-state index contributed by atoms with van der Waals surface area (Å²) in [7, 11) is -1.71. The zero-order valence-electron chi connectivity index (χ0n) is 21.4. The summed E-state index contributed by atoms with van der Waals surface area (Å²) >= 11 is 12.7. The molecule has 0 aliphatic rings. The van der Waals surface area contributed by atoms with E-state index in [1.54, 1.807) is 25.1 Å². The van der Waals surface area contributed by atoms with Crippen molar-refractivity contribution < 1.29 is 22.4 Å². The van der Waals surface area contributed by atoms with E-state index < -0.39 is 34.5 Å². The van der Waals surface area contributed by atoms with Crippen LogP contribution in [0.3, 0.4) is 0 Å². The van der Waals surface area contributed by atoms with E-state index in [2.05, 4.69) is 5.32 Å². The molecule has 204 valence electrons.